The molecule has 23 heavy (non-hydrogen) atoms. The zero-order valence-electron chi connectivity index (χ0n) is 12.1. The van der Waals surface area contributed by atoms with E-state index < -0.39 is 5.91 Å². The smallest absolute Gasteiger partial charge is 0.277 e. The molecule has 0 aliphatic rings. The fourth-order valence-electron chi connectivity index (χ4n) is 1.75. The van der Waals surface area contributed by atoms with Gasteiger partial charge in [0.15, 0.2) is 6.61 Å². The van der Waals surface area contributed by atoms with Crippen LogP contribution in [-0.2, 0) is 4.79 Å². The number of benzene rings is 2. The molecule has 2 aromatic rings. The van der Waals surface area contributed by atoms with Gasteiger partial charge in [-0.3, -0.25) is 4.79 Å². The van der Waals surface area contributed by atoms with Crippen LogP contribution in [0.15, 0.2) is 41.5 Å². The van der Waals surface area contributed by atoms with Gasteiger partial charge in [0.25, 0.3) is 5.91 Å². The van der Waals surface area contributed by atoms with Gasteiger partial charge in [-0.2, -0.15) is 5.10 Å². The highest BCUT2D eigenvalue weighted by Crippen LogP contribution is 2.22. The van der Waals surface area contributed by atoms with Gasteiger partial charge in [-0.25, -0.2) is 5.43 Å². The predicted octanol–water partition coefficient (Wildman–Crippen LogP) is 4.48. The highest BCUT2D eigenvalue weighted by atomic mass is 35.5. The second-order valence-corrected chi connectivity index (χ2v) is 5.88. The van der Waals surface area contributed by atoms with E-state index in [2.05, 4.69) is 10.5 Å². The van der Waals surface area contributed by atoms with E-state index in [0.29, 0.717) is 26.4 Å². The van der Waals surface area contributed by atoms with Gasteiger partial charge in [0.1, 0.15) is 5.75 Å². The number of hydrogen-bond acceptors (Lipinski definition) is 3. The topological polar surface area (TPSA) is 50.7 Å². The zero-order valence-corrected chi connectivity index (χ0v) is 14.4. The van der Waals surface area contributed by atoms with E-state index in [1.165, 1.54) is 6.21 Å². The van der Waals surface area contributed by atoms with Crippen LogP contribution in [0.2, 0.25) is 15.1 Å². The summed E-state index contributed by atoms with van der Waals surface area (Å²) in [6.07, 6.45) is 1.39. The van der Waals surface area contributed by atoms with Gasteiger partial charge in [0.05, 0.1) is 16.3 Å². The van der Waals surface area contributed by atoms with Crippen molar-refractivity contribution in [1.29, 1.82) is 0 Å². The molecule has 0 saturated carbocycles. The lowest BCUT2D eigenvalue weighted by molar-refractivity contribution is -0.123. The molecule has 120 valence electrons. The van der Waals surface area contributed by atoms with E-state index in [1.54, 1.807) is 36.4 Å². The van der Waals surface area contributed by atoms with Crippen molar-refractivity contribution in [2.75, 3.05) is 6.61 Å². The maximum absolute atomic E-state index is 11.7. The summed E-state index contributed by atoms with van der Waals surface area (Å²) in [4.78, 5) is 11.7. The van der Waals surface area contributed by atoms with Gasteiger partial charge >= 0.3 is 0 Å². The van der Waals surface area contributed by atoms with Crippen LogP contribution < -0.4 is 10.2 Å². The fourth-order valence-corrected chi connectivity index (χ4v) is 2.47. The molecule has 0 bridgehead atoms. The van der Waals surface area contributed by atoms with Crippen molar-refractivity contribution >= 4 is 46.9 Å². The Balaban J connectivity index is 1.89. The van der Waals surface area contributed by atoms with Gasteiger partial charge in [0.2, 0.25) is 0 Å². The third kappa shape index (κ3) is 5.13. The van der Waals surface area contributed by atoms with Crippen LogP contribution >= 0.6 is 34.8 Å². The number of nitrogens with one attached hydrogen (secondary N) is 1. The lowest BCUT2D eigenvalue weighted by atomic mass is 10.2. The maximum Gasteiger partial charge on any atom is 0.277 e. The Morgan fingerprint density at radius 3 is 2.57 bits per heavy atom. The zero-order chi connectivity index (χ0) is 16.8. The Labute approximate surface area is 149 Å². The molecule has 1 amide bonds. The molecule has 0 heterocycles. The largest absolute Gasteiger partial charge is 0.483 e. The molecule has 0 aliphatic heterocycles. The van der Waals surface area contributed by atoms with E-state index in [9.17, 15) is 4.79 Å². The number of hydrogen-bond donors (Lipinski definition) is 1. The highest BCUT2D eigenvalue weighted by Gasteiger charge is 2.05. The minimum Gasteiger partial charge on any atom is -0.483 e. The monoisotopic (exact) mass is 370 g/mol. The number of amides is 1. The second kappa shape index (κ2) is 8.20. The summed E-state index contributed by atoms with van der Waals surface area (Å²) in [7, 11) is 0. The molecule has 4 nitrogen and oxygen atoms in total. The number of hydrazone groups is 1. The first-order valence-corrected chi connectivity index (χ1v) is 7.75. The van der Waals surface area contributed by atoms with Gasteiger partial charge in [-0.1, -0.05) is 40.9 Å². The Bertz CT molecular complexity index is 728. The van der Waals surface area contributed by atoms with E-state index in [4.69, 9.17) is 39.5 Å². The lowest BCUT2D eigenvalue weighted by Crippen LogP contribution is -2.24. The molecular formula is C16H13Cl3N2O2. The summed E-state index contributed by atoms with van der Waals surface area (Å²) in [6.45, 7) is 1.67. The molecule has 0 unspecified atom stereocenters. The number of rotatable bonds is 5. The van der Waals surface area contributed by atoms with Crippen molar-refractivity contribution in [1.82, 2.24) is 5.43 Å². The van der Waals surface area contributed by atoms with Crippen LogP contribution in [0.4, 0.5) is 0 Å². The minimum absolute atomic E-state index is 0.171. The van der Waals surface area contributed by atoms with Crippen LogP contribution in [0.3, 0.4) is 0 Å². The van der Waals surface area contributed by atoms with Gasteiger partial charge < -0.3 is 4.74 Å². The summed E-state index contributed by atoms with van der Waals surface area (Å²) in [5.74, 6) is 0.182. The number of carbonyl (C=O) groups is 1. The van der Waals surface area contributed by atoms with E-state index >= 15 is 0 Å². The van der Waals surface area contributed by atoms with Crippen molar-refractivity contribution < 1.29 is 9.53 Å². The van der Waals surface area contributed by atoms with E-state index in [1.807, 2.05) is 6.92 Å². The third-order valence-electron chi connectivity index (χ3n) is 2.88. The van der Waals surface area contributed by atoms with Crippen LogP contribution in [0.5, 0.6) is 5.75 Å². The van der Waals surface area contributed by atoms with Gasteiger partial charge in [-0.15, -0.1) is 0 Å². The molecule has 0 aliphatic carbocycles. The average Bonchev–Trinajstić information content (AvgIpc) is 2.49. The molecule has 0 saturated heterocycles. The standard InChI is InChI=1S/C16H13Cl3N2O2/c1-10-7-11(17)5-6-15(10)23-9-16(22)21-20-8-12-13(18)3-2-4-14(12)19/h2-8H,9H2,1H3,(H,21,22). The number of aryl methyl sites for hydroxylation is 1. The Kier molecular flexibility index (Phi) is 6.28. The summed E-state index contributed by atoms with van der Waals surface area (Å²) >= 11 is 17.8. The normalized spacial score (nSPS) is 10.8. The number of ether oxygens (including phenoxy) is 1. The second-order valence-electron chi connectivity index (χ2n) is 4.63. The highest BCUT2D eigenvalue weighted by molar-refractivity contribution is 6.38. The van der Waals surface area contributed by atoms with Gasteiger partial charge in [0, 0.05) is 10.6 Å². The molecule has 0 fully saturated rings. The molecule has 0 aromatic heterocycles. The van der Waals surface area contributed by atoms with Crippen LogP contribution in [0, 0.1) is 6.92 Å². The van der Waals surface area contributed by atoms with Crippen molar-refractivity contribution in [3.8, 4) is 5.75 Å². The summed E-state index contributed by atoms with van der Waals surface area (Å²) in [5, 5.41) is 5.32. The number of nitrogens with zero attached hydrogens (tertiary/aromatic N) is 1. The van der Waals surface area contributed by atoms with E-state index in [0.717, 1.165) is 5.56 Å². The first kappa shape index (κ1) is 17.6. The molecule has 0 spiro atoms. The van der Waals surface area contributed by atoms with Crippen LogP contribution in [0.25, 0.3) is 0 Å². The molecule has 2 aromatic carbocycles. The number of carbonyl (C=O) groups excluding carboxylic acids is 1. The van der Waals surface area contributed by atoms with Crippen LogP contribution in [-0.4, -0.2) is 18.7 Å². The number of halogens is 3. The molecule has 0 radical (unpaired) electrons. The molecule has 1 N–H and O–H groups in total. The SMILES string of the molecule is Cc1cc(Cl)ccc1OCC(=O)NN=Cc1c(Cl)cccc1Cl. The minimum atomic E-state index is -0.404. The van der Waals surface area contributed by atoms with Gasteiger partial charge in [-0.05, 0) is 42.8 Å². The van der Waals surface area contributed by atoms with Crippen molar-refractivity contribution in [2.45, 2.75) is 6.92 Å². The summed E-state index contributed by atoms with van der Waals surface area (Å²) in [6, 6.07) is 10.2. The molecule has 7 heteroatoms. The first-order chi connectivity index (χ1) is 11.0. The summed E-state index contributed by atoms with van der Waals surface area (Å²) < 4.78 is 5.41. The Morgan fingerprint density at radius 1 is 1.22 bits per heavy atom. The third-order valence-corrected chi connectivity index (χ3v) is 3.77. The predicted molar refractivity (Wildman–Crippen MR) is 93.9 cm³/mol. The van der Waals surface area contributed by atoms with Crippen molar-refractivity contribution in [3.63, 3.8) is 0 Å². The summed E-state index contributed by atoms with van der Waals surface area (Å²) in [5.41, 5.74) is 3.73. The fraction of sp³-hybridized carbons (Fsp3) is 0.125. The van der Waals surface area contributed by atoms with E-state index in [-0.39, 0.29) is 6.61 Å². The molecule has 2 rings (SSSR count). The average molecular weight is 372 g/mol. The van der Waals surface area contributed by atoms with Crippen LogP contribution in [0.1, 0.15) is 11.1 Å². The first-order valence-electron chi connectivity index (χ1n) is 6.62. The van der Waals surface area contributed by atoms with Crippen molar-refractivity contribution in [3.05, 3.63) is 62.6 Å². The maximum atomic E-state index is 11.7. The Hall–Kier alpha value is -1.75. The molecular weight excluding hydrogens is 359 g/mol. The molecule has 0 atom stereocenters. The quantitative estimate of drug-likeness (QED) is 0.622. The van der Waals surface area contributed by atoms with Crippen molar-refractivity contribution in [2.24, 2.45) is 5.10 Å². The Morgan fingerprint density at radius 2 is 1.91 bits per heavy atom. The lowest BCUT2D eigenvalue weighted by Gasteiger charge is -2.08.